The fourth-order valence-corrected chi connectivity index (χ4v) is 2.44. The van der Waals surface area contributed by atoms with E-state index in [1.54, 1.807) is 19.9 Å². The molecule has 9 heteroatoms. The van der Waals surface area contributed by atoms with Gasteiger partial charge in [-0.3, -0.25) is 14.9 Å². The van der Waals surface area contributed by atoms with Crippen molar-refractivity contribution in [3.8, 4) is 6.07 Å². The van der Waals surface area contributed by atoms with Crippen LogP contribution in [0.15, 0.2) is 30.5 Å². The van der Waals surface area contributed by atoms with E-state index in [-0.39, 0.29) is 22.6 Å². The van der Waals surface area contributed by atoms with Gasteiger partial charge in [0.2, 0.25) is 0 Å². The van der Waals surface area contributed by atoms with Gasteiger partial charge in [-0.15, -0.1) is 0 Å². The van der Waals surface area contributed by atoms with Crippen LogP contribution in [0, 0.1) is 35.3 Å². The number of aromatic nitrogens is 3. The van der Waals surface area contributed by atoms with Crippen LogP contribution in [-0.2, 0) is 0 Å². The lowest BCUT2D eigenvalue weighted by Crippen LogP contribution is -2.17. The molecule has 0 saturated heterocycles. The molecule has 0 atom stereocenters. The van der Waals surface area contributed by atoms with Crippen LogP contribution in [0.5, 0.6) is 0 Å². The number of rotatable bonds is 3. The first-order valence-corrected chi connectivity index (χ1v) is 7.22. The van der Waals surface area contributed by atoms with Gasteiger partial charge in [0.1, 0.15) is 11.6 Å². The normalized spacial score (nSPS) is 10.4. The standard InChI is InChI=1S/C16H12N6O3/c1-9-5-12(22(24)25)3-4-13(9)16(23)19-15-11(7-17)8-18-14-6-10(2)20-21(14)15/h3-6,8H,1-2H3,(H,19,23). The van der Waals surface area contributed by atoms with Gasteiger partial charge in [-0.25, -0.2) is 4.98 Å². The SMILES string of the molecule is Cc1cc2ncc(C#N)c(NC(=O)c3ccc([N+](=O)[O-])cc3C)n2n1. The summed E-state index contributed by atoms with van der Waals surface area (Å²) in [4.78, 5) is 27.0. The molecule has 124 valence electrons. The van der Waals surface area contributed by atoms with Crippen LogP contribution in [0.2, 0.25) is 0 Å². The van der Waals surface area contributed by atoms with Crippen LogP contribution in [0.25, 0.3) is 5.65 Å². The van der Waals surface area contributed by atoms with Gasteiger partial charge in [0, 0.05) is 23.8 Å². The van der Waals surface area contributed by atoms with Crippen LogP contribution in [0.1, 0.15) is 27.2 Å². The third-order valence-corrected chi connectivity index (χ3v) is 3.62. The fourth-order valence-electron chi connectivity index (χ4n) is 2.44. The Balaban J connectivity index is 2.03. The number of nitrogens with one attached hydrogen (secondary N) is 1. The summed E-state index contributed by atoms with van der Waals surface area (Å²) < 4.78 is 1.38. The number of aryl methyl sites for hydroxylation is 2. The Morgan fingerprint density at radius 1 is 1.36 bits per heavy atom. The van der Waals surface area contributed by atoms with Gasteiger partial charge < -0.3 is 5.32 Å². The van der Waals surface area contributed by atoms with E-state index < -0.39 is 10.8 Å². The number of non-ortho nitro benzene ring substituents is 1. The Labute approximate surface area is 141 Å². The third-order valence-electron chi connectivity index (χ3n) is 3.62. The summed E-state index contributed by atoms with van der Waals surface area (Å²) in [6, 6.07) is 7.63. The molecule has 2 aromatic heterocycles. The Morgan fingerprint density at radius 3 is 2.76 bits per heavy atom. The highest BCUT2D eigenvalue weighted by atomic mass is 16.6. The first-order chi connectivity index (χ1) is 11.9. The number of nitrogens with zero attached hydrogens (tertiary/aromatic N) is 5. The minimum Gasteiger partial charge on any atom is -0.305 e. The molecule has 2 heterocycles. The topological polar surface area (TPSA) is 126 Å². The summed E-state index contributed by atoms with van der Waals surface area (Å²) in [6.07, 6.45) is 1.36. The molecule has 0 aliphatic carbocycles. The maximum Gasteiger partial charge on any atom is 0.269 e. The number of amides is 1. The number of nitro groups is 1. The number of nitriles is 1. The number of hydrogen-bond donors (Lipinski definition) is 1. The monoisotopic (exact) mass is 336 g/mol. The van der Waals surface area contributed by atoms with E-state index in [9.17, 15) is 20.2 Å². The van der Waals surface area contributed by atoms with Crippen molar-refractivity contribution in [2.24, 2.45) is 0 Å². The van der Waals surface area contributed by atoms with E-state index in [4.69, 9.17) is 0 Å². The quantitative estimate of drug-likeness (QED) is 0.578. The number of fused-ring (bicyclic) bond motifs is 1. The van der Waals surface area contributed by atoms with Crippen molar-refractivity contribution in [3.63, 3.8) is 0 Å². The second-order valence-corrected chi connectivity index (χ2v) is 5.40. The highest BCUT2D eigenvalue weighted by Crippen LogP contribution is 2.21. The summed E-state index contributed by atoms with van der Waals surface area (Å²) in [5.41, 5.74) is 1.96. The molecule has 3 rings (SSSR count). The maximum absolute atomic E-state index is 12.6. The Morgan fingerprint density at radius 2 is 2.12 bits per heavy atom. The highest BCUT2D eigenvalue weighted by Gasteiger charge is 2.18. The average molecular weight is 336 g/mol. The summed E-state index contributed by atoms with van der Waals surface area (Å²) in [5.74, 6) is -0.298. The van der Waals surface area contributed by atoms with Crippen molar-refractivity contribution in [1.29, 1.82) is 5.26 Å². The third kappa shape index (κ3) is 2.88. The van der Waals surface area contributed by atoms with E-state index in [2.05, 4.69) is 15.4 Å². The van der Waals surface area contributed by atoms with Gasteiger partial charge in [0.15, 0.2) is 11.5 Å². The number of benzene rings is 1. The molecule has 1 N–H and O–H groups in total. The predicted octanol–water partition coefficient (Wildman–Crippen LogP) is 2.38. The molecule has 0 spiro atoms. The van der Waals surface area contributed by atoms with Gasteiger partial charge in [-0.1, -0.05) is 0 Å². The van der Waals surface area contributed by atoms with Crippen molar-refractivity contribution in [1.82, 2.24) is 14.6 Å². The summed E-state index contributed by atoms with van der Waals surface area (Å²) in [6.45, 7) is 3.38. The number of hydrogen-bond acceptors (Lipinski definition) is 6. The number of carbonyl (C=O) groups is 1. The zero-order valence-electron chi connectivity index (χ0n) is 13.3. The molecular weight excluding hydrogens is 324 g/mol. The first kappa shape index (κ1) is 16.1. The predicted molar refractivity (Wildman–Crippen MR) is 88.2 cm³/mol. The van der Waals surface area contributed by atoms with E-state index in [0.717, 1.165) is 0 Å². The largest absolute Gasteiger partial charge is 0.305 e. The highest BCUT2D eigenvalue weighted by molar-refractivity contribution is 6.05. The van der Waals surface area contributed by atoms with Gasteiger partial charge >= 0.3 is 0 Å². The lowest BCUT2D eigenvalue weighted by Gasteiger charge is -2.10. The van der Waals surface area contributed by atoms with E-state index in [1.807, 2.05) is 6.07 Å². The molecule has 1 aromatic carbocycles. The van der Waals surface area contributed by atoms with Crippen molar-refractivity contribution < 1.29 is 9.72 Å². The lowest BCUT2D eigenvalue weighted by molar-refractivity contribution is -0.384. The summed E-state index contributed by atoms with van der Waals surface area (Å²) in [7, 11) is 0. The summed E-state index contributed by atoms with van der Waals surface area (Å²) >= 11 is 0. The molecule has 0 unspecified atom stereocenters. The van der Waals surface area contributed by atoms with Crippen molar-refractivity contribution in [2.45, 2.75) is 13.8 Å². The molecule has 0 aliphatic heterocycles. The summed E-state index contributed by atoms with van der Waals surface area (Å²) in [5, 5.41) is 27.0. The fraction of sp³-hybridized carbons (Fsp3) is 0.125. The maximum atomic E-state index is 12.6. The van der Waals surface area contributed by atoms with Gasteiger partial charge in [-0.05, 0) is 25.5 Å². The lowest BCUT2D eigenvalue weighted by atomic mass is 10.1. The molecule has 0 aliphatic rings. The van der Waals surface area contributed by atoms with E-state index in [1.165, 1.54) is 28.9 Å². The van der Waals surface area contributed by atoms with Crippen LogP contribution in [-0.4, -0.2) is 25.4 Å². The second-order valence-electron chi connectivity index (χ2n) is 5.40. The molecule has 0 fully saturated rings. The molecule has 1 amide bonds. The zero-order valence-corrected chi connectivity index (χ0v) is 13.3. The smallest absolute Gasteiger partial charge is 0.269 e. The molecule has 0 radical (unpaired) electrons. The van der Waals surface area contributed by atoms with E-state index in [0.29, 0.717) is 16.9 Å². The minimum atomic E-state index is -0.526. The van der Waals surface area contributed by atoms with Crippen LogP contribution < -0.4 is 5.32 Å². The van der Waals surface area contributed by atoms with Crippen LogP contribution in [0.4, 0.5) is 11.5 Å². The molecule has 3 aromatic rings. The average Bonchev–Trinajstić information content (AvgIpc) is 2.95. The number of nitro benzene ring substituents is 1. The van der Waals surface area contributed by atoms with Crippen molar-refractivity contribution >= 4 is 23.1 Å². The van der Waals surface area contributed by atoms with Gasteiger partial charge in [-0.2, -0.15) is 14.9 Å². The second kappa shape index (κ2) is 6.01. The molecule has 25 heavy (non-hydrogen) atoms. The van der Waals surface area contributed by atoms with Crippen LogP contribution in [0.3, 0.4) is 0 Å². The number of anilines is 1. The van der Waals surface area contributed by atoms with E-state index >= 15 is 0 Å². The number of carbonyl (C=O) groups excluding carboxylic acids is 1. The zero-order chi connectivity index (χ0) is 18.1. The molecule has 9 nitrogen and oxygen atoms in total. The van der Waals surface area contributed by atoms with Gasteiger partial charge in [0.25, 0.3) is 11.6 Å². The molecule has 0 saturated carbocycles. The van der Waals surface area contributed by atoms with Crippen molar-refractivity contribution in [2.75, 3.05) is 5.32 Å². The minimum absolute atomic E-state index is 0.0965. The Hall–Kier alpha value is -3.80. The van der Waals surface area contributed by atoms with Crippen molar-refractivity contribution in [3.05, 3.63) is 63.0 Å². The Kier molecular flexibility index (Phi) is 3.86. The van der Waals surface area contributed by atoms with Crippen LogP contribution >= 0.6 is 0 Å². The molecular formula is C16H12N6O3. The Bertz CT molecular complexity index is 1060. The molecule has 0 bridgehead atoms. The van der Waals surface area contributed by atoms with Gasteiger partial charge in [0.05, 0.1) is 16.8 Å². The first-order valence-electron chi connectivity index (χ1n) is 7.22.